The molecule has 5 nitrogen and oxygen atoms in total. The van der Waals surface area contributed by atoms with Crippen molar-refractivity contribution in [2.24, 2.45) is 0 Å². The highest BCUT2D eigenvalue weighted by Gasteiger charge is 2.08. The Morgan fingerprint density at radius 1 is 1.04 bits per heavy atom. The second-order valence-electron chi connectivity index (χ2n) is 6.02. The third kappa shape index (κ3) is 3.81. The smallest absolute Gasteiger partial charge is 0.213 e. The van der Waals surface area contributed by atoms with E-state index in [-0.39, 0.29) is 0 Å². The van der Waals surface area contributed by atoms with E-state index >= 15 is 0 Å². The summed E-state index contributed by atoms with van der Waals surface area (Å²) in [5.74, 6) is 1.50. The van der Waals surface area contributed by atoms with Gasteiger partial charge in [0.05, 0.1) is 7.11 Å². The molecule has 0 atom stereocenters. The van der Waals surface area contributed by atoms with Gasteiger partial charge in [-0.05, 0) is 31.3 Å². The molecule has 3 aromatic rings. The van der Waals surface area contributed by atoms with Crippen molar-refractivity contribution >= 4 is 0 Å². The molecule has 0 fully saturated rings. The summed E-state index contributed by atoms with van der Waals surface area (Å²) in [4.78, 5) is 10.8. The third-order valence-corrected chi connectivity index (χ3v) is 3.76. The van der Waals surface area contributed by atoms with E-state index < -0.39 is 0 Å². The van der Waals surface area contributed by atoms with E-state index in [1.54, 1.807) is 13.3 Å². The van der Waals surface area contributed by atoms with E-state index in [1.165, 1.54) is 11.1 Å². The minimum Gasteiger partial charge on any atom is -0.481 e. The maximum absolute atomic E-state index is 5.21. The van der Waals surface area contributed by atoms with Gasteiger partial charge in [-0.1, -0.05) is 24.3 Å². The van der Waals surface area contributed by atoms with Gasteiger partial charge in [0.2, 0.25) is 5.88 Å². The van der Waals surface area contributed by atoms with Gasteiger partial charge in [-0.15, -0.1) is 0 Å². The summed E-state index contributed by atoms with van der Waals surface area (Å²) in [7, 11) is 5.78. The van der Waals surface area contributed by atoms with Crippen molar-refractivity contribution < 1.29 is 4.74 Å². The molecular weight excluding hydrogens is 300 g/mol. The lowest BCUT2D eigenvalue weighted by Gasteiger charge is -2.12. The van der Waals surface area contributed by atoms with E-state index in [2.05, 4.69) is 57.8 Å². The number of aromatic nitrogens is 3. The van der Waals surface area contributed by atoms with Crippen LogP contribution in [-0.2, 0) is 13.1 Å². The Balaban J connectivity index is 1.86. The minimum absolute atomic E-state index is 0.593. The van der Waals surface area contributed by atoms with E-state index in [1.807, 2.05) is 24.5 Å². The van der Waals surface area contributed by atoms with Crippen LogP contribution in [0.5, 0.6) is 5.88 Å². The van der Waals surface area contributed by atoms with Crippen LogP contribution in [0.3, 0.4) is 0 Å². The lowest BCUT2D eigenvalue weighted by Crippen LogP contribution is -2.11. The molecule has 0 amide bonds. The molecule has 0 saturated carbocycles. The van der Waals surface area contributed by atoms with E-state index in [0.717, 1.165) is 24.5 Å². The monoisotopic (exact) mass is 322 g/mol. The van der Waals surface area contributed by atoms with Crippen LogP contribution in [0.1, 0.15) is 11.1 Å². The van der Waals surface area contributed by atoms with Gasteiger partial charge in [0.25, 0.3) is 0 Å². The third-order valence-electron chi connectivity index (χ3n) is 3.76. The number of methoxy groups -OCH3 is 1. The standard InChI is InChI=1S/C19H22N4O/c1-22(2)13-15-5-4-6-16(11-15)14-23-10-9-21-19(23)17-7-8-20-18(12-17)24-3/h4-12H,13-14H2,1-3H3. The molecule has 0 N–H and O–H groups in total. The topological polar surface area (TPSA) is 43.2 Å². The van der Waals surface area contributed by atoms with Gasteiger partial charge < -0.3 is 14.2 Å². The van der Waals surface area contributed by atoms with E-state index in [4.69, 9.17) is 4.74 Å². The lowest BCUT2D eigenvalue weighted by molar-refractivity contribution is 0.398. The Bertz CT molecular complexity index is 810. The molecule has 0 aliphatic rings. The Morgan fingerprint density at radius 3 is 2.67 bits per heavy atom. The summed E-state index contributed by atoms with van der Waals surface area (Å²) in [6.45, 7) is 1.72. The van der Waals surface area contributed by atoms with Crippen molar-refractivity contribution in [3.8, 4) is 17.3 Å². The van der Waals surface area contributed by atoms with Crippen LogP contribution in [0.25, 0.3) is 11.4 Å². The van der Waals surface area contributed by atoms with Crippen LogP contribution in [0.15, 0.2) is 55.0 Å². The van der Waals surface area contributed by atoms with E-state index in [9.17, 15) is 0 Å². The Morgan fingerprint density at radius 2 is 1.88 bits per heavy atom. The molecule has 2 heterocycles. The van der Waals surface area contributed by atoms with Crippen LogP contribution in [-0.4, -0.2) is 40.6 Å². The molecule has 2 aromatic heterocycles. The fraction of sp³-hybridized carbons (Fsp3) is 0.263. The van der Waals surface area contributed by atoms with Gasteiger partial charge >= 0.3 is 0 Å². The fourth-order valence-electron chi connectivity index (χ4n) is 2.75. The van der Waals surface area contributed by atoms with Gasteiger partial charge in [-0.3, -0.25) is 0 Å². The second kappa shape index (κ2) is 7.27. The first-order chi connectivity index (χ1) is 11.7. The Hall–Kier alpha value is -2.66. The summed E-state index contributed by atoms with van der Waals surface area (Å²) in [5, 5.41) is 0. The molecule has 0 spiro atoms. The molecule has 0 bridgehead atoms. The van der Waals surface area contributed by atoms with Crippen molar-refractivity contribution in [3.05, 3.63) is 66.1 Å². The van der Waals surface area contributed by atoms with Crippen molar-refractivity contribution in [2.45, 2.75) is 13.1 Å². The Labute approximate surface area is 142 Å². The summed E-state index contributed by atoms with van der Waals surface area (Å²) >= 11 is 0. The second-order valence-corrected chi connectivity index (χ2v) is 6.02. The number of rotatable bonds is 6. The molecule has 5 heteroatoms. The minimum atomic E-state index is 0.593. The first-order valence-corrected chi connectivity index (χ1v) is 7.90. The van der Waals surface area contributed by atoms with Gasteiger partial charge in [0.15, 0.2) is 0 Å². The molecule has 1 aromatic carbocycles. The highest BCUT2D eigenvalue weighted by molar-refractivity contribution is 5.56. The highest BCUT2D eigenvalue weighted by Crippen LogP contribution is 2.21. The molecule has 0 saturated heterocycles. The first-order valence-electron chi connectivity index (χ1n) is 7.90. The number of hydrogen-bond acceptors (Lipinski definition) is 4. The number of imidazole rings is 1. The highest BCUT2D eigenvalue weighted by atomic mass is 16.5. The maximum atomic E-state index is 5.21. The SMILES string of the molecule is COc1cc(-c2nccn2Cc2cccc(CN(C)C)c2)ccn1. The lowest BCUT2D eigenvalue weighted by atomic mass is 10.1. The molecule has 3 rings (SSSR count). The molecular formula is C19H22N4O. The fourth-order valence-corrected chi connectivity index (χ4v) is 2.75. The maximum Gasteiger partial charge on any atom is 0.213 e. The normalized spacial score (nSPS) is 11.0. The quantitative estimate of drug-likeness (QED) is 0.699. The summed E-state index contributed by atoms with van der Waals surface area (Å²) in [6, 6.07) is 12.5. The van der Waals surface area contributed by atoms with Crippen molar-refractivity contribution in [3.63, 3.8) is 0 Å². The van der Waals surface area contributed by atoms with Gasteiger partial charge in [-0.25, -0.2) is 9.97 Å². The van der Waals surface area contributed by atoms with Gasteiger partial charge in [0, 0.05) is 43.3 Å². The van der Waals surface area contributed by atoms with Crippen LogP contribution in [0, 0.1) is 0 Å². The zero-order valence-electron chi connectivity index (χ0n) is 14.3. The molecule has 24 heavy (non-hydrogen) atoms. The van der Waals surface area contributed by atoms with Crippen LogP contribution < -0.4 is 4.74 Å². The summed E-state index contributed by atoms with van der Waals surface area (Å²) in [6.07, 6.45) is 5.57. The van der Waals surface area contributed by atoms with Crippen molar-refractivity contribution in [1.82, 2.24) is 19.4 Å². The number of pyridine rings is 1. The van der Waals surface area contributed by atoms with Crippen molar-refractivity contribution in [1.29, 1.82) is 0 Å². The van der Waals surface area contributed by atoms with Crippen molar-refractivity contribution in [2.75, 3.05) is 21.2 Å². The molecule has 0 aliphatic heterocycles. The molecule has 0 radical (unpaired) electrons. The number of nitrogens with zero attached hydrogens (tertiary/aromatic N) is 4. The van der Waals surface area contributed by atoms with Gasteiger partial charge in [-0.2, -0.15) is 0 Å². The first kappa shape index (κ1) is 16.2. The van der Waals surface area contributed by atoms with Crippen LogP contribution >= 0.6 is 0 Å². The average Bonchev–Trinajstić information content (AvgIpc) is 3.03. The van der Waals surface area contributed by atoms with E-state index in [0.29, 0.717) is 5.88 Å². The number of ether oxygens (including phenoxy) is 1. The number of benzene rings is 1. The Kier molecular flexibility index (Phi) is 4.91. The average molecular weight is 322 g/mol. The molecule has 124 valence electrons. The number of hydrogen-bond donors (Lipinski definition) is 0. The summed E-state index contributed by atoms with van der Waals surface area (Å²) in [5.41, 5.74) is 3.57. The molecule has 0 aliphatic carbocycles. The van der Waals surface area contributed by atoms with Gasteiger partial charge in [0.1, 0.15) is 5.82 Å². The molecule has 0 unspecified atom stereocenters. The summed E-state index contributed by atoms with van der Waals surface area (Å²) < 4.78 is 7.35. The predicted octanol–water partition coefficient (Wildman–Crippen LogP) is 3.06. The predicted molar refractivity (Wildman–Crippen MR) is 94.9 cm³/mol. The zero-order valence-corrected chi connectivity index (χ0v) is 14.3. The van der Waals surface area contributed by atoms with Crippen LogP contribution in [0.4, 0.5) is 0 Å². The van der Waals surface area contributed by atoms with Crippen LogP contribution in [0.2, 0.25) is 0 Å². The zero-order chi connectivity index (χ0) is 16.9. The largest absolute Gasteiger partial charge is 0.481 e.